The van der Waals surface area contributed by atoms with Gasteiger partial charge in [0.1, 0.15) is 0 Å². The van der Waals surface area contributed by atoms with Gasteiger partial charge in [0, 0.05) is 45.5 Å². The molecule has 25 heavy (non-hydrogen) atoms. The van der Waals surface area contributed by atoms with Gasteiger partial charge in [-0.3, -0.25) is 0 Å². The predicted octanol–water partition coefficient (Wildman–Crippen LogP) is 1.87. The van der Waals surface area contributed by atoms with E-state index in [0.29, 0.717) is 19.1 Å². The Hall–Kier alpha value is -2.41. The van der Waals surface area contributed by atoms with Crippen LogP contribution in [0.4, 0.5) is 17.5 Å². The number of aryl methyl sites for hydroxylation is 1. The van der Waals surface area contributed by atoms with Crippen LogP contribution in [-0.2, 0) is 4.74 Å². The quantitative estimate of drug-likeness (QED) is 0.804. The van der Waals surface area contributed by atoms with Crippen molar-refractivity contribution in [3.63, 3.8) is 0 Å². The Balaban J connectivity index is 1.62. The topological polar surface area (TPSA) is 66.4 Å². The molecule has 0 unspecified atom stereocenters. The van der Waals surface area contributed by atoms with Crippen LogP contribution in [0.2, 0.25) is 0 Å². The Labute approximate surface area is 149 Å². The molecule has 1 saturated heterocycles. The largest absolute Gasteiger partial charge is 0.383 e. The van der Waals surface area contributed by atoms with E-state index in [1.165, 1.54) is 16.8 Å². The van der Waals surface area contributed by atoms with Gasteiger partial charge in [0.15, 0.2) is 5.82 Å². The molecule has 0 saturated carbocycles. The number of nitrogens with one attached hydrogen (secondary N) is 1. The third-order valence-electron chi connectivity index (χ3n) is 4.64. The molecule has 0 radical (unpaired) electrons. The lowest BCUT2D eigenvalue weighted by Crippen LogP contribution is -2.47. The Kier molecular flexibility index (Phi) is 5.65. The molecule has 1 N–H and O–H groups in total. The van der Waals surface area contributed by atoms with E-state index in [-0.39, 0.29) is 0 Å². The first-order valence-corrected chi connectivity index (χ1v) is 8.67. The van der Waals surface area contributed by atoms with Gasteiger partial charge in [0.05, 0.1) is 12.8 Å². The first-order chi connectivity index (χ1) is 12.2. The van der Waals surface area contributed by atoms with E-state index in [4.69, 9.17) is 4.74 Å². The summed E-state index contributed by atoms with van der Waals surface area (Å²) < 4.78 is 5.04. The summed E-state index contributed by atoms with van der Waals surface area (Å²) in [6, 6.07) is 6.50. The van der Waals surface area contributed by atoms with Gasteiger partial charge >= 0.3 is 0 Å². The maximum absolute atomic E-state index is 5.04. The predicted molar refractivity (Wildman–Crippen MR) is 101 cm³/mol. The van der Waals surface area contributed by atoms with Gasteiger partial charge < -0.3 is 19.9 Å². The van der Waals surface area contributed by atoms with E-state index in [1.54, 1.807) is 13.3 Å². The minimum absolute atomic E-state index is 0.633. The summed E-state index contributed by atoms with van der Waals surface area (Å²) in [4.78, 5) is 9.19. The summed E-state index contributed by atoms with van der Waals surface area (Å²) in [5.41, 5.74) is 4.02. The molecule has 1 aliphatic rings. The van der Waals surface area contributed by atoms with Crippen LogP contribution in [0.25, 0.3) is 0 Å². The van der Waals surface area contributed by atoms with E-state index in [1.807, 2.05) is 0 Å². The number of piperazine rings is 1. The van der Waals surface area contributed by atoms with Crippen LogP contribution in [0.1, 0.15) is 11.1 Å². The van der Waals surface area contributed by atoms with Crippen molar-refractivity contribution in [1.29, 1.82) is 0 Å². The molecule has 0 aliphatic carbocycles. The number of hydrogen-bond acceptors (Lipinski definition) is 7. The molecule has 1 aromatic heterocycles. The molecule has 2 aromatic rings. The fourth-order valence-electron chi connectivity index (χ4n) is 3.02. The average molecular weight is 342 g/mol. The second-order valence-corrected chi connectivity index (χ2v) is 6.25. The highest BCUT2D eigenvalue weighted by molar-refractivity contribution is 5.57. The molecular formula is C18H26N6O. The van der Waals surface area contributed by atoms with Crippen molar-refractivity contribution >= 4 is 17.5 Å². The highest BCUT2D eigenvalue weighted by atomic mass is 16.5. The molecule has 2 heterocycles. The Bertz CT molecular complexity index is 700. The van der Waals surface area contributed by atoms with Crippen LogP contribution in [-0.4, -0.2) is 61.6 Å². The summed E-state index contributed by atoms with van der Waals surface area (Å²) in [7, 11) is 1.68. The lowest BCUT2D eigenvalue weighted by Gasteiger charge is -2.36. The molecule has 1 fully saturated rings. The van der Waals surface area contributed by atoms with Crippen LogP contribution in [0.5, 0.6) is 0 Å². The zero-order valence-corrected chi connectivity index (χ0v) is 15.2. The SMILES string of the molecule is COCCNc1cnnc(N2CCN(c3cccc(C)c3C)CC2)n1. The van der Waals surface area contributed by atoms with Crippen molar-refractivity contribution in [2.45, 2.75) is 13.8 Å². The first-order valence-electron chi connectivity index (χ1n) is 8.67. The molecule has 0 spiro atoms. The molecule has 7 heteroatoms. The van der Waals surface area contributed by atoms with Gasteiger partial charge in [0.2, 0.25) is 5.95 Å². The number of nitrogens with zero attached hydrogens (tertiary/aromatic N) is 5. The highest BCUT2D eigenvalue weighted by Crippen LogP contribution is 2.24. The van der Waals surface area contributed by atoms with Crippen molar-refractivity contribution < 1.29 is 4.74 Å². The number of anilines is 3. The fraction of sp³-hybridized carbons (Fsp3) is 0.500. The minimum atomic E-state index is 0.633. The smallest absolute Gasteiger partial charge is 0.247 e. The van der Waals surface area contributed by atoms with Crippen LogP contribution in [0.3, 0.4) is 0 Å². The zero-order valence-electron chi connectivity index (χ0n) is 15.2. The van der Waals surface area contributed by atoms with Crippen molar-refractivity contribution in [3.8, 4) is 0 Å². The number of rotatable bonds is 6. The van der Waals surface area contributed by atoms with Gasteiger partial charge in [0.25, 0.3) is 0 Å². The van der Waals surface area contributed by atoms with Crippen molar-refractivity contribution in [3.05, 3.63) is 35.5 Å². The molecular weight excluding hydrogens is 316 g/mol. The minimum Gasteiger partial charge on any atom is -0.383 e. The number of ether oxygens (including phenoxy) is 1. The highest BCUT2D eigenvalue weighted by Gasteiger charge is 2.21. The van der Waals surface area contributed by atoms with Crippen LogP contribution in [0.15, 0.2) is 24.4 Å². The van der Waals surface area contributed by atoms with Gasteiger partial charge in [-0.25, -0.2) is 0 Å². The van der Waals surface area contributed by atoms with Gasteiger partial charge in [-0.1, -0.05) is 12.1 Å². The van der Waals surface area contributed by atoms with Gasteiger partial charge in [-0.15, -0.1) is 5.10 Å². The second kappa shape index (κ2) is 8.11. The monoisotopic (exact) mass is 342 g/mol. The number of benzene rings is 1. The third-order valence-corrected chi connectivity index (χ3v) is 4.64. The first kappa shape index (κ1) is 17.4. The summed E-state index contributed by atoms with van der Waals surface area (Å²) in [5.74, 6) is 1.42. The number of aromatic nitrogens is 3. The number of hydrogen-bond donors (Lipinski definition) is 1. The lowest BCUT2D eigenvalue weighted by atomic mass is 10.1. The molecule has 1 aromatic carbocycles. The van der Waals surface area contributed by atoms with Crippen LogP contribution >= 0.6 is 0 Å². The van der Waals surface area contributed by atoms with E-state index < -0.39 is 0 Å². The standard InChI is InChI=1S/C18H26N6O/c1-14-5-4-6-16(15(14)2)23-8-10-24(11-9-23)18-21-17(13-20-22-18)19-7-12-25-3/h4-6,13H,7-12H2,1-3H3,(H,19,21,22). The second-order valence-electron chi connectivity index (χ2n) is 6.25. The van der Waals surface area contributed by atoms with Crippen molar-refractivity contribution in [2.75, 3.05) is 61.6 Å². The van der Waals surface area contributed by atoms with E-state index in [9.17, 15) is 0 Å². The Morgan fingerprint density at radius 3 is 2.64 bits per heavy atom. The van der Waals surface area contributed by atoms with Crippen molar-refractivity contribution in [2.24, 2.45) is 0 Å². The van der Waals surface area contributed by atoms with Gasteiger partial charge in [-0.05, 0) is 31.0 Å². The normalized spacial score (nSPS) is 14.7. The molecule has 134 valence electrons. The summed E-state index contributed by atoms with van der Waals surface area (Å²) in [6.45, 7) is 9.37. The molecule has 7 nitrogen and oxygen atoms in total. The molecule has 0 atom stereocenters. The maximum Gasteiger partial charge on any atom is 0.247 e. The summed E-state index contributed by atoms with van der Waals surface area (Å²) in [5, 5.41) is 11.5. The number of methoxy groups -OCH3 is 1. The Morgan fingerprint density at radius 2 is 1.88 bits per heavy atom. The Morgan fingerprint density at radius 1 is 1.12 bits per heavy atom. The average Bonchev–Trinajstić information content (AvgIpc) is 2.65. The maximum atomic E-state index is 5.04. The van der Waals surface area contributed by atoms with Gasteiger partial charge in [-0.2, -0.15) is 10.1 Å². The van der Waals surface area contributed by atoms with Crippen LogP contribution in [0, 0.1) is 13.8 Å². The molecule has 1 aliphatic heterocycles. The molecule has 0 amide bonds. The summed E-state index contributed by atoms with van der Waals surface area (Å²) in [6.07, 6.45) is 1.64. The van der Waals surface area contributed by atoms with E-state index in [0.717, 1.165) is 32.0 Å². The van der Waals surface area contributed by atoms with E-state index in [2.05, 4.69) is 62.3 Å². The van der Waals surface area contributed by atoms with Crippen molar-refractivity contribution in [1.82, 2.24) is 15.2 Å². The van der Waals surface area contributed by atoms with E-state index >= 15 is 0 Å². The summed E-state index contributed by atoms with van der Waals surface area (Å²) >= 11 is 0. The fourth-order valence-corrected chi connectivity index (χ4v) is 3.02. The third kappa shape index (κ3) is 4.17. The van der Waals surface area contributed by atoms with Crippen LogP contribution < -0.4 is 15.1 Å². The lowest BCUT2D eigenvalue weighted by molar-refractivity contribution is 0.210. The zero-order chi connectivity index (χ0) is 17.6. The molecule has 0 bridgehead atoms. The molecule has 3 rings (SSSR count).